The number of amides is 1. The molecule has 0 aliphatic rings. The normalized spacial score (nSPS) is 12.7. The Morgan fingerprint density at radius 3 is 2.56 bits per heavy atom. The summed E-state index contributed by atoms with van der Waals surface area (Å²) in [6, 6.07) is 6.03. The van der Waals surface area contributed by atoms with E-state index in [-0.39, 0.29) is 31.1 Å². The van der Waals surface area contributed by atoms with Crippen molar-refractivity contribution in [2.75, 3.05) is 31.7 Å². The van der Waals surface area contributed by atoms with Crippen molar-refractivity contribution in [1.29, 1.82) is 0 Å². The molecule has 1 unspecified atom stereocenters. The van der Waals surface area contributed by atoms with Crippen molar-refractivity contribution in [1.82, 2.24) is 10.5 Å². The van der Waals surface area contributed by atoms with Crippen LogP contribution in [0.2, 0.25) is 6.82 Å². The lowest BCUT2D eigenvalue weighted by molar-refractivity contribution is -0.121. The van der Waals surface area contributed by atoms with E-state index in [9.17, 15) is 14.4 Å². The number of ether oxygens (including phenoxy) is 2. The number of hydrogen-bond donors (Lipinski definition) is 4. The van der Waals surface area contributed by atoms with Gasteiger partial charge in [-0.2, -0.15) is 0 Å². The number of rotatable bonds is 13. The van der Waals surface area contributed by atoms with Gasteiger partial charge in [0.2, 0.25) is 5.91 Å². The third-order valence-corrected chi connectivity index (χ3v) is 5.09. The highest BCUT2D eigenvalue weighted by Gasteiger charge is 2.31. The predicted molar refractivity (Wildman–Crippen MR) is 108 cm³/mol. The summed E-state index contributed by atoms with van der Waals surface area (Å²) < 4.78 is 22.8. The van der Waals surface area contributed by atoms with Gasteiger partial charge in [0.1, 0.15) is 0 Å². The highest BCUT2D eigenvalue weighted by atomic mass is 31.1. The molecular weight excluding hydrogens is 368 g/mol. The van der Waals surface area contributed by atoms with E-state index in [0.717, 1.165) is 5.56 Å². The molecule has 0 aromatic heterocycles. The summed E-state index contributed by atoms with van der Waals surface area (Å²) in [6.45, 7) is 6.27. The molecule has 0 bridgehead atoms. The topological polar surface area (TPSA) is 123 Å². The molecule has 0 radical (unpaired) electrons. The van der Waals surface area contributed by atoms with E-state index in [1.54, 1.807) is 25.0 Å². The lowest BCUT2D eigenvalue weighted by Gasteiger charge is -2.20. The lowest BCUT2D eigenvalue weighted by atomic mass is 9.85. The number of hydrogen-bond acceptors (Lipinski definition) is 7. The molecule has 1 aromatic carbocycles. The molecule has 10 heteroatoms. The van der Waals surface area contributed by atoms with Crippen LogP contribution in [0.3, 0.4) is 0 Å². The Bertz CT molecular complexity index is 600. The van der Waals surface area contributed by atoms with Gasteiger partial charge in [0, 0.05) is 18.2 Å². The number of anilines is 1. The molecule has 0 spiro atoms. The number of carbonyl (C=O) groups excluding carboxylic acids is 1. The average Bonchev–Trinajstić information content (AvgIpc) is 2.60. The second kappa shape index (κ2) is 12.8. The van der Waals surface area contributed by atoms with Crippen molar-refractivity contribution in [3.8, 4) is 0 Å². The van der Waals surface area contributed by atoms with Gasteiger partial charge < -0.3 is 30.8 Å². The standard InChI is InChI=1S/C17H29BN3O5P/c1-4-25-17(26-5-2)27(24)10-9-20-16(22)12-15(21-18(3)23)13-7-6-8-14(19)11-13/h6-8,11,15,17,21,23H,4-5,9-10,12,19H2,1-3H3/p+1/t15-/m0/s1. The zero-order valence-electron chi connectivity index (χ0n) is 16.2. The lowest BCUT2D eigenvalue weighted by Crippen LogP contribution is -2.38. The van der Waals surface area contributed by atoms with Crippen molar-refractivity contribution in [2.45, 2.75) is 39.2 Å². The minimum absolute atomic E-state index is 0.117. The summed E-state index contributed by atoms with van der Waals surface area (Å²) in [7, 11) is -2.53. The molecule has 1 rings (SSSR count). The molecule has 150 valence electrons. The SMILES string of the molecule is CCOC(OCC)[P+](=O)CCNC(=O)C[C@H](NB(C)O)c1cccc(N)c1. The van der Waals surface area contributed by atoms with E-state index in [0.29, 0.717) is 18.9 Å². The Balaban J connectivity index is 2.55. The first-order valence-corrected chi connectivity index (χ1v) is 10.6. The number of nitrogen functional groups attached to an aromatic ring is 1. The summed E-state index contributed by atoms with van der Waals surface area (Å²) in [5, 5.41) is 15.3. The first-order chi connectivity index (χ1) is 12.9. The number of nitrogens with one attached hydrogen (secondary N) is 2. The van der Waals surface area contributed by atoms with Crippen molar-refractivity contribution in [2.24, 2.45) is 0 Å². The predicted octanol–water partition coefficient (Wildman–Crippen LogP) is 1.70. The molecule has 0 saturated heterocycles. The van der Waals surface area contributed by atoms with Gasteiger partial charge in [-0.15, -0.1) is 0 Å². The van der Waals surface area contributed by atoms with Crippen LogP contribution in [0.1, 0.15) is 31.9 Å². The van der Waals surface area contributed by atoms with E-state index in [2.05, 4.69) is 10.5 Å². The molecule has 27 heavy (non-hydrogen) atoms. The van der Waals surface area contributed by atoms with Crippen LogP contribution in [0.25, 0.3) is 0 Å². The van der Waals surface area contributed by atoms with Crippen LogP contribution in [0.5, 0.6) is 0 Å². The Kier molecular flexibility index (Phi) is 11.2. The minimum atomic E-state index is -1.75. The van der Waals surface area contributed by atoms with Crippen LogP contribution in [-0.4, -0.2) is 49.9 Å². The molecule has 8 nitrogen and oxygen atoms in total. The monoisotopic (exact) mass is 398 g/mol. The summed E-state index contributed by atoms with van der Waals surface area (Å²) in [5.74, 6) is -0.219. The molecule has 5 N–H and O–H groups in total. The van der Waals surface area contributed by atoms with Crippen molar-refractivity contribution >= 4 is 26.4 Å². The van der Waals surface area contributed by atoms with E-state index < -0.39 is 20.9 Å². The van der Waals surface area contributed by atoms with Gasteiger partial charge in [-0.05, 0) is 38.4 Å². The first-order valence-electron chi connectivity index (χ1n) is 9.10. The summed E-state index contributed by atoms with van der Waals surface area (Å²) in [5.41, 5.74) is 7.20. The van der Waals surface area contributed by atoms with Crippen LogP contribution in [0, 0.1) is 0 Å². The second-order valence-electron chi connectivity index (χ2n) is 5.98. The number of nitrogens with two attached hydrogens (primary N) is 1. The van der Waals surface area contributed by atoms with E-state index in [1.807, 2.05) is 19.9 Å². The highest BCUT2D eigenvalue weighted by molar-refractivity contribution is 7.45. The maximum atomic E-state index is 12.3. The summed E-state index contributed by atoms with van der Waals surface area (Å²) in [6.07, 6.45) is 0.379. The van der Waals surface area contributed by atoms with Gasteiger partial charge in [0.05, 0.1) is 19.8 Å². The van der Waals surface area contributed by atoms with Crippen molar-refractivity contribution < 1.29 is 23.9 Å². The molecular formula is C17H30BN3O5P+. The molecule has 0 aliphatic heterocycles. The third kappa shape index (κ3) is 9.31. The molecule has 1 amide bonds. The Hall–Kier alpha value is -1.51. The average molecular weight is 398 g/mol. The van der Waals surface area contributed by atoms with Crippen molar-refractivity contribution in [3.63, 3.8) is 0 Å². The van der Waals surface area contributed by atoms with Gasteiger partial charge in [-0.1, -0.05) is 16.7 Å². The Morgan fingerprint density at radius 1 is 1.33 bits per heavy atom. The van der Waals surface area contributed by atoms with Gasteiger partial charge in [-0.25, -0.2) is 0 Å². The van der Waals surface area contributed by atoms with Gasteiger partial charge in [0.15, 0.2) is 6.16 Å². The maximum Gasteiger partial charge on any atom is 0.403 e. The molecule has 0 fully saturated rings. The number of carbonyl (C=O) groups is 1. The number of benzene rings is 1. The van der Waals surface area contributed by atoms with Crippen LogP contribution >= 0.6 is 7.80 Å². The molecule has 1 aromatic rings. The zero-order chi connectivity index (χ0) is 20.2. The van der Waals surface area contributed by atoms with Crippen LogP contribution in [0.4, 0.5) is 5.69 Å². The molecule has 0 saturated carbocycles. The van der Waals surface area contributed by atoms with Gasteiger partial charge in [-0.3, -0.25) is 4.79 Å². The Morgan fingerprint density at radius 2 is 2.00 bits per heavy atom. The largest absolute Gasteiger partial charge is 0.437 e. The quantitative estimate of drug-likeness (QED) is 0.173. The highest BCUT2D eigenvalue weighted by Crippen LogP contribution is 2.29. The maximum absolute atomic E-state index is 12.3. The fraction of sp³-hybridized carbons (Fsp3) is 0.588. The molecule has 0 heterocycles. The smallest absolute Gasteiger partial charge is 0.403 e. The minimum Gasteiger partial charge on any atom is -0.437 e. The summed E-state index contributed by atoms with van der Waals surface area (Å²) in [4.78, 5) is 12.3. The van der Waals surface area contributed by atoms with Crippen LogP contribution < -0.4 is 16.3 Å². The zero-order valence-corrected chi connectivity index (χ0v) is 17.1. The van der Waals surface area contributed by atoms with E-state index in [1.165, 1.54) is 0 Å². The molecule has 0 aliphatic carbocycles. The van der Waals surface area contributed by atoms with Crippen LogP contribution in [0.15, 0.2) is 24.3 Å². The molecule has 2 atom stereocenters. The van der Waals surface area contributed by atoms with E-state index in [4.69, 9.17) is 15.2 Å². The van der Waals surface area contributed by atoms with Crippen molar-refractivity contribution in [3.05, 3.63) is 29.8 Å². The van der Waals surface area contributed by atoms with E-state index >= 15 is 0 Å². The fourth-order valence-corrected chi connectivity index (χ4v) is 3.68. The van der Waals surface area contributed by atoms with Crippen LogP contribution in [-0.2, 0) is 18.8 Å². The Labute approximate surface area is 162 Å². The second-order valence-corrected chi connectivity index (χ2v) is 7.68. The first kappa shape index (κ1) is 23.5. The van der Waals surface area contributed by atoms with Gasteiger partial charge >= 0.3 is 20.9 Å². The summed E-state index contributed by atoms with van der Waals surface area (Å²) >= 11 is 0. The van der Waals surface area contributed by atoms with Gasteiger partial charge in [0.25, 0.3) is 0 Å². The third-order valence-electron chi connectivity index (χ3n) is 3.65. The fourth-order valence-electron chi connectivity index (χ4n) is 2.51.